The van der Waals surface area contributed by atoms with Crippen LogP contribution >= 0.6 is 0 Å². The molecule has 0 N–H and O–H groups in total. The normalized spacial score (nSPS) is 10.1. The fourth-order valence-corrected chi connectivity index (χ4v) is 1.69. The summed E-state index contributed by atoms with van der Waals surface area (Å²) in [6.45, 7) is 3.38. The predicted molar refractivity (Wildman–Crippen MR) is 67.3 cm³/mol. The second-order valence-corrected chi connectivity index (χ2v) is 4.05. The van der Waals surface area contributed by atoms with E-state index < -0.39 is 0 Å². The highest BCUT2D eigenvalue weighted by molar-refractivity contribution is 5.69. The molecule has 0 atom stereocenters. The van der Waals surface area contributed by atoms with Gasteiger partial charge in [-0.2, -0.15) is 0 Å². The van der Waals surface area contributed by atoms with E-state index in [9.17, 15) is 4.79 Å². The molecule has 0 fully saturated rings. The molecule has 92 valence electrons. The molecular formula is C14H14N2O2. The summed E-state index contributed by atoms with van der Waals surface area (Å²) >= 11 is 0. The van der Waals surface area contributed by atoms with Crippen LogP contribution in [-0.2, 0) is 11.2 Å². The summed E-state index contributed by atoms with van der Waals surface area (Å²) in [5.41, 5.74) is 2.02. The van der Waals surface area contributed by atoms with Crippen LogP contribution in [0, 0.1) is 6.92 Å². The maximum atomic E-state index is 11.0. The van der Waals surface area contributed by atoms with E-state index in [1.165, 1.54) is 6.92 Å². The van der Waals surface area contributed by atoms with Gasteiger partial charge in [0, 0.05) is 31.3 Å². The first-order chi connectivity index (χ1) is 8.65. The minimum absolute atomic E-state index is 0.325. The molecule has 0 saturated heterocycles. The van der Waals surface area contributed by atoms with Gasteiger partial charge in [-0.1, -0.05) is 17.7 Å². The molecule has 0 aliphatic rings. The van der Waals surface area contributed by atoms with Gasteiger partial charge in [0.2, 0.25) is 0 Å². The maximum absolute atomic E-state index is 11.0. The molecule has 0 amide bonds. The van der Waals surface area contributed by atoms with E-state index in [-0.39, 0.29) is 5.97 Å². The second-order valence-electron chi connectivity index (χ2n) is 4.05. The van der Waals surface area contributed by atoms with Crippen LogP contribution in [0.15, 0.2) is 36.7 Å². The first kappa shape index (κ1) is 12.2. The Balaban J connectivity index is 2.30. The lowest BCUT2D eigenvalue weighted by Crippen LogP contribution is -2.05. The second kappa shape index (κ2) is 5.40. The van der Waals surface area contributed by atoms with Gasteiger partial charge in [-0.05, 0) is 19.1 Å². The largest absolute Gasteiger partial charge is 0.426 e. The number of aromatic nitrogens is 2. The number of esters is 1. The van der Waals surface area contributed by atoms with E-state index in [2.05, 4.69) is 9.97 Å². The number of carbonyl (C=O) groups excluding carboxylic acids is 1. The fourth-order valence-electron chi connectivity index (χ4n) is 1.69. The lowest BCUT2D eigenvalue weighted by Gasteiger charge is -2.09. The Morgan fingerprint density at radius 1 is 1.28 bits per heavy atom. The first-order valence-corrected chi connectivity index (χ1v) is 5.69. The van der Waals surface area contributed by atoms with Crippen LogP contribution < -0.4 is 4.74 Å². The first-order valence-electron chi connectivity index (χ1n) is 5.69. The molecule has 0 aliphatic carbocycles. The predicted octanol–water partition coefficient (Wildman–Crippen LogP) is 2.30. The average molecular weight is 242 g/mol. The van der Waals surface area contributed by atoms with Crippen LogP contribution in [0.3, 0.4) is 0 Å². The summed E-state index contributed by atoms with van der Waals surface area (Å²) in [6.07, 6.45) is 3.94. The van der Waals surface area contributed by atoms with Crippen LogP contribution in [0.5, 0.6) is 5.75 Å². The highest BCUT2D eigenvalue weighted by atomic mass is 16.5. The Morgan fingerprint density at radius 2 is 2.00 bits per heavy atom. The van der Waals surface area contributed by atoms with E-state index in [4.69, 9.17) is 4.74 Å². The maximum Gasteiger partial charge on any atom is 0.308 e. The topological polar surface area (TPSA) is 52.1 Å². The van der Waals surface area contributed by atoms with Crippen molar-refractivity contribution in [1.29, 1.82) is 0 Å². The molecule has 4 heteroatoms. The lowest BCUT2D eigenvalue weighted by atomic mass is 10.1. The molecule has 0 aliphatic heterocycles. The number of ether oxygens (including phenoxy) is 1. The molecule has 1 aromatic carbocycles. The van der Waals surface area contributed by atoms with Gasteiger partial charge in [0.15, 0.2) is 0 Å². The van der Waals surface area contributed by atoms with Crippen LogP contribution in [0.25, 0.3) is 0 Å². The van der Waals surface area contributed by atoms with Crippen molar-refractivity contribution < 1.29 is 9.53 Å². The summed E-state index contributed by atoms with van der Waals surface area (Å²) < 4.78 is 5.18. The molecule has 0 spiro atoms. The van der Waals surface area contributed by atoms with Crippen molar-refractivity contribution in [2.45, 2.75) is 20.3 Å². The summed E-state index contributed by atoms with van der Waals surface area (Å²) in [5, 5.41) is 0. The molecular weight excluding hydrogens is 228 g/mol. The van der Waals surface area contributed by atoms with Crippen molar-refractivity contribution in [1.82, 2.24) is 9.97 Å². The molecule has 0 unspecified atom stereocenters. The van der Waals surface area contributed by atoms with E-state index in [1.54, 1.807) is 24.5 Å². The molecule has 2 rings (SSSR count). The van der Waals surface area contributed by atoms with Gasteiger partial charge in [-0.25, -0.2) is 9.97 Å². The van der Waals surface area contributed by atoms with Gasteiger partial charge in [-0.3, -0.25) is 4.79 Å². The number of hydrogen-bond acceptors (Lipinski definition) is 4. The van der Waals surface area contributed by atoms with Crippen molar-refractivity contribution in [2.24, 2.45) is 0 Å². The molecule has 1 aromatic heterocycles. The monoisotopic (exact) mass is 242 g/mol. The number of carbonyl (C=O) groups is 1. The molecule has 0 saturated carbocycles. The standard InChI is InChI=1S/C14H14N2O2/c1-10-4-5-13(18-11(2)17)12(8-10)9-14-15-6-3-7-16-14/h3-8H,9H2,1-2H3. The molecule has 4 nitrogen and oxygen atoms in total. The third kappa shape index (κ3) is 3.13. The van der Waals surface area contributed by atoms with Crippen molar-refractivity contribution in [3.63, 3.8) is 0 Å². The molecule has 18 heavy (non-hydrogen) atoms. The van der Waals surface area contributed by atoms with Crippen LogP contribution in [0.1, 0.15) is 23.9 Å². The molecule has 0 bridgehead atoms. The minimum atomic E-state index is -0.325. The minimum Gasteiger partial charge on any atom is -0.426 e. The Hall–Kier alpha value is -2.23. The number of hydrogen-bond donors (Lipinski definition) is 0. The zero-order valence-corrected chi connectivity index (χ0v) is 10.4. The number of nitrogens with zero attached hydrogens (tertiary/aromatic N) is 2. The third-order valence-corrected chi connectivity index (χ3v) is 2.44. The van der Waals surface area contributed by atoms with Crippen molar-refractivity contribution in [3.8, 4) is 5.75 Å². The summed E-state index contributed by atoms with van der Waals surface area (Å²) in [7, 11) is 0. The van der Waals surface area contributed by atoms with Gasteiger partial charge in [-0.15, -0.1) is 0 Å². The summed E-state index contributed by atoms with van der Waals surface area (Å²) in [4.78, 5) is 19.4. The Kier molecular flexibility index (Phi) is 3.67. The SMILES string of the molecule is CC(=O)Oc1ccc(C)cc1Cc1ncccn1. The van der Waals surface area contributed by atoms with Gasteiger partial charge in [0.1, 0.15) is 11.6 Å². The number of benzene rings is 1. The average Bonchev–Trinajstić information content (AvgIpc) is 2.33. The summed E-state index contributed by atoms with van der Waals surface area (Å²) in [6, 6.07) is 7.46. The highest BCUT2D eigenvalue weighted by Crippen LogP contribution is 2.22. The Morgan fingerprint density at radius 3 is 2.67 bits per heavy atom. The van der Waals surface area contributed by atoms with Crippen LogP contribution in [0.2, 0.25) is 0 Å². The van der Waals surface area contributed by atoms with Gasteiger partial charge in [0.25, 0.3) is 0 Å². The number of rotatable bonds is 3. The zero-order chi connectivity index (χ0) is 13.0. The Labute approximate surface area is 106 Å². The molecule has 0 radical (unpaired) electrons. The summed E-state index contributed by atoms with van der Waals surface area (Å²) in [5.74, 6) is 0.950. The number of aryl methyl sites for hydroxylation is 1. The van der Waals surface area contributed by atoms with Crippen LogP contribution in [0.4, 0.5) is 0 Å². The van der Waals surface area contributed by atoms with E-state index in [0.717, 1.165) is 11.1 Å². The van der Waals surface area contributed by atoms with Gasteiger partial charge in [0.05, 0.1) is 0 Å². The van der Waals surface area contributed by atoms with Crippen LogP contribution in [-0.4, -0.2) is 15.9 Å². The fraction of sp³-hybridized carbons (Fsp3) is 0.214. The Bertz CT molecular complexity index is 553. The van der Waals surface area contributed by atoms with Gasteiger partial charge >= 0.3 is 5.97 Å². The quantitative estimate of drug-likeness (QED) is 0.612. The van der Waals surface area contributed by atoms with Crippen molar-refractivity contribution in [2.75, 3.05) is 0 Å². The van der Waals surface area contributed by atoms with E-state index >= 15 is 0 Å². The molecule has 1 heterocycles. The smallest absolute Gasteiger partial charge is 0.308 e. The van der Waals surface area contributed by atoms with Crippen molar-refractivity contribution in [3.05, 3.63) is 53.6 Å². The molecule has 2 aromatic rings. The highest BCUT2D eigenvalue weighted by Gasteiger charge is 2.08. The third-order valence-electron chi connectivity index (χ3n) is 2.44. The van der Waals surface area contributed by atoms with Crippen molar-refractivity contribution >= 4 is 5.97 Å². The zero-order valence-electron chi connectivity index (χ0n) is 10.4. The van der Waals surface area contributed by atoms with Gasteiger partial charge < -0.3 is 4.74 Å². The van der Waals surface area contributed by atoms with E-state index in [0.29, 0.717) is 18.0 Å². The van der Waals surface area contributed by atoms with E-state index in [1.807, 2.05) is 19.1 Å². The lowest BCUT2D eigenvalue weighted by molar-refractivity contribution is -0.131.